The highest BCUT2D eigenvalue weighted by atomic mass is 19.3. The zero-order valence-corrected chi connectivity index (χ0v) is 19.7. The summed E-state index contributed by atoms with van der Waals surface area (Å²) in [6.07, 6.45) is -1.72. The first kappa shape index (κ1) is 24.5. The van der Waals surface area contributed by atoms with E-state index in [1.807, 2.05) is 63.2 Å². The normalized spacial score (nSPS) is 11.9. The standard InChI is InChI=1S/C25H30F2N4O2/c1-17-11-20(12-18(2)24(17)33-25(4,5)16-32)13-30(15-23(26)27)14-22-19(3)28-31(29-22)21-9-7-6-8-10-21/h6-12,16,23H,13-15H2,1-5H3. The van der Waals surface area contributed by atoms with Crippen molar-refractivity contribution in [2.24, 2.45) is 0 Å². The molecule has 0 N–H and O–H groups in total. The van der Waals surface area contributed by atoms with Crippen LogP contribution in [0.3, 0.4) is 0 Å². The number of alkyl halides is 2. The lowest BCUT2D eigenvalue weighted by Crippen LogP contribution is -2.31. The van der Waals surface area contributed by atoms with E-state index in [1.54, 1.807) is 18.7 Å². The molecule has 0 fully saturated rings. The fourth-order valence-electron chi connectivity index (χ4n) is 3.66. The molecule has 33 heavy (non-hydrogen) atoms. The fraction of sp³-hybridized carbons (Fsp3) is 0.400. The van der Waals surface area contributed by atoms with Crippen molar-refractivity contribution in [1.29, 1.82) is 0 Å². The molecule has 0 atom stereocenters. The van der Waals surface area contributed by atoms with Gasteiger partial charge in [-0.15, -0.1) is 0 Å². The Morgan fingerprint density at radius 3 is 2.27 bits per heavy atom. The quantitative estimate of drug-likeness (QED) is 0.410. The Hall–Kier alpha value is -3.13. The van der Waals surface area contributed by atoms with Crippen molar-refractivity contribution in [3.05, 3.63) is 70.5 Å². The molecule has 8 heteroatoms. The molecule has 3 aromatic rings. The molecule has 0 aliphatic heterocycles. The van der Waals surface area contributed by atoms with Crippen LogP contribution in [0, 0.1) is 20.8 Å². The van der Waals surface area contributed by atoms with Gasteiger partial charge in [0.15, 0.2) is 11.9 Å². The van der Waals surface area contributed by atoms with Crippen molar-refractivity contribution in [3.8, 4) is 11.4 Å². The lowest BCUT2D eigenvalue weighted by Gasteiger charge is -2.25. The maximum atomic E-state index is 13.4. The van der Waals surface area contributed by atoms with Crippen LogP contribution in [0.2, 0.25) is 0 Å². The van der Waals surface area contributed by atoms with Crippen molar-refractivity contribution in [3.63, 3.8) is 0 Å². The SMILES string of the molecule is Cc1cc(CN(Cc2nn(-c3ccccc3)nc2C)CC(F)F)cc(C)c1OC(C)(C)C=O. The minimum atomic E-state index is -2.48. The number of para-hydroxylation sites is 1. The average molecular weight is 457 g/mol. The number of benzene rings is 2. The van der Waals surface area contributed by atoms with Gasteiger partial charge in [-0.05, 0) is 63.4 Å². The van der Waals surface area contributed by atoms with Crippen molar-refractivity contribution < 1.29 is 18.3 Å². The lowest BCUT2D eigenvalue weighted by atomic mass is 10.0. The first-order valence-electron chi connectivity index (χ1n) is 10.8. The Bertz CT molecular complexity index is 1070. The summed E-state index contributed by atoms with van der Waals surface area (Å²) in [6, 6.07) is 13.3. The molecular formula is C25H30F2N4O2. The Morgan fingerprint density at radius 2 is 1.70 bits per heavy atom. The van der Waals surface area contributed by atoms with Crippen LogP contribution in [-0.4, -0.2) is 44.8 Å². The third kappa shape index (κ3) is 6.44. The predicted molar refractivity (Wildman–Crippen MR) is 123 cm³/mol. The van der Waals surface area contributed by atoms with Crippen LogP contribution in [0.1, 0.15) is 41.9 Å². The number of hydrogen-bond acceptors (Lipinski definition) is 5. The molecule has 1 heterocycles. The molecule has 3 rings (SSSR count). The molecule has 0 aliphatic carbocycles. The molecule has 1 aromatic heterocycles. The van der Waals surface area contributed by atoms with Gasteiger partial charge in [0.05, 0.1) is 17.9 Å². The smallest absolute Gasteiger partial charge is 0.251 e. The Morgan fingerprint density at radius 1 is 1.06 bits per heavy atom. The van der Waals surface area contributed by atoms with E-state index in [2.05, 4.69) is 10.2 Å². The molecule has 0 saturated carbocycles. The van der Waals surface area contributed by atoms with E-state index in [0.717, 1.165) is 28.7 Å². The Balaban J connectivity index is 1.82. The lowest BCUT2D eigenvalue weighted by molar-refractivity contribution is -0.119. The van der Waals surface area contributed by atoms with Gasteiger partial charge in [-0.2, -0.15) is 15.0 Å². The molecule has 6 nitrogen and oxygen atoms in total. The molecule has 0 amide bonds. The highest BCUT2D eigenvalue weighted by Crippen LogP contribution is 2.29. The van der Waals surface area contributed by atoms with E-state index in [1.165, 1.54) is 4.80 Å². The highest BCUT2D eigenvalue weighted by molar-refractivity contribution is 5.62. The number of aldehydes is 1. The van der Waals surface area contributed by atoms with Crippen molar-refractivity contribution in [2.45, 2.75) is 59.7 Å². The zero-order valence-electron chi connectivity index (χ0n) is 19.7. The van der Waals surface area contributed by atoms with Crippen molar-refractivity contribution in [2.75, 3.05) is 6.54 Å². The van der Waals surface area contributed by atoms with Crippen LogP contribution in [0.4, 0.5) is 8.78 Å². The Kier molecular flexibility index (Phi) is 7.58. The van der Waals surface area contributed by atoms with Gasteiger partial charge in [0.1, 0.15) is 11.4 Å². The molecule has 176 valence electrons. The van der Waals surface area contributed by atoms with E-state index < -0.39 is 12.0 Å². The summed E-state index contributed by atoms with van der Waals surface area (Å²) in [7, 11) is 0. The summed E-state index contributed by atoms with van der Waals surface area (Å²) < 4.78 is 32.6. The molecule has 0 unspecified atom stereocenters. The predicted octanol–water partition coefficient (Wildman–Crippen LogP) is 4.82. The largest absolute Gasteiger partial charge is 0.480 e. The number of rotatable bonds is 10. The van der Waals surface area contributed by atoms with Crippen LogP contribution < -0.4 is 4.74 Å². The monoisotopic (exact) mass is 456 g/mol. The van der Waals surface area contributed by atoms with Gasteiger partial charge >= 0.3 is 0 Å². The number of carbonyl (C=O) groups excluding carboxylic acids is 1. The van der Waals surface area contributed by atoms with E-state index in [-0.39, 0.29) is 13.1 Å². The second-order valence-corrected chi connectivity index (χ2v) is 8.80. The third-order valence-corrected chi connectivity index (χ3v) is 5.21. The van der Waals surface area contributed by atoms with E-state index >= 15 is 0 Å². The van der Waals surface area contributed by atoms with Gasteiger partial charge in [0.25, 0.3) is 6.43 Å². The topological polar surface area (TPSA) is 60.3 Å². The number of nitrogens with zero attached hydrogens (tertiary/aromatic N) is 4. The molecule has 2 aromatic carbocycles. The molecule has 0 bridgehead atoms. The number of ether oxygens (including phenoxy) is 1. The maximum absolute atomic E-state index is 13.4. The number of aromatic nitrogens is 3. The van der Waals surface area contributed by atoms with E-state index in [9.17, 15) is 13.6 Å². The van der Waals surface area contributed by atoms with Gasteiger partial charge in [-0.1, -0.05) is 30.3 Å². The summed E-state index contributed by atoms with van der Waals surface area (Å²) in [5.74, 6) is 0.637. The molecular weight excluding hydrogens is 426 g/mol. The zero-order chi connectivity index (χ0) is 24.2. The second kappa shape index (κ2) is 10.2. The number of hydrogen-bond donors (Lipinski definition) is 0. The van der Waals surface area contributed by atoms with Gasteiger partial charge in [0, 0.05) is 13.1 Å². The van der Waals surface area contributed by atoms with Crippen LogP contribution in [0.15, 0.2) is 42.5 Å². The van der Waals surface area contributed by atoms with E-state index in [0.29, 0.717) is 23.7 Å². The maximum Gasteiger partial charge on any atom is 0.251 e. The summed E-state index contributed by atoms with van der Waals surface area (Å²) in [6.45, 7) is 9.19. The van der Waals surface area contributed by atoms with Crippen molar-refractivity contribution >= 4 is 6.29 Å². The average Bonchev–Trinajstić information content (AvgIpc) is 3.11. The third-order valence-electron chi connectivity index (χ3n) is 5.21. The number of carbonyl (C=O) groups is 1. The van der Waals surface area contributed by atoms with E-state index in [4.69, 9.17) is 4.74 Å². The highest BCUT2D eigenvalue weighted by Gasteiger charge is 2.22. The first-order valence-corrected chi connectivity index (χ1v) is 10.8. The molecule has 0 spiro atoms. The second-order valence-electron chi connectivity index (χ2n) is 8.80. The molecule has 0 aliphatic rings. The number of aryl methyl sites for hydroxylation is 3. The van der Waals surface area contributed by atoms with Gasteiger partial charge in [-0.3, -0.25) is 9.69 Å². The molecule has 0 saturated heterocycles. The van der Waals surface area contributed by atoms with Gasteiger partial charge in [-0.25, -0.2) is 8.78 Å². The van der Waals surface area contributed by atoms with Gasteiger partial charge < -0.3 is 4.74 Å². The summed E-state index contributed by atoms with van der Waals surface area (Å²) in [5.41, 5.74) is 3.81. The van der Waals surface area contributed by atoms with Crippen molar-refractivity contribution in [1.82, 2.24) is 19.9 Å². The van der Waals surface area contributed by atoms with Crippen LogP contribution in [0.25, 0.3) is 5.69 Å². The van der Waals surface area contributed by atoms with Crippen LogP contribution >= 0.6 is 0 Å². The minimum Gasteiger partial charge on any atom is -0.480 e. The molecule has 0 radical (unpaired) electrons. The van der Waals surface area contributed by atoms with Crippen LogP contribution in [0.5, 0.6) is 5.75 Å². The summed E-state index contributed by atoms with van der Waals surface area (Å²) in [4.78, 5) is 14.4. The van der Waals surface area contributed by atoms with Gasteiger partial charge in [0.2, 0.25) is 0 Å². The van der Waals surface area contributed by atoms with Crippen LogP contribution in [-0.2, 0) is 17.9 Å². The first-order chi connectivity index (χ1) is 15.6. The number of halogens is 2. The summed E-state index contributed by atoms with van der Waals surface area (Å²) >= 11 is 0. The fourth-order valence-corrected chi connectivity index (χ4v) is 3.66. The minimum absolute atomic E-state index is 0.248. The Labute approximate surface area is 193 Å². The summed E-state index contributed by atoms with van der Waals surface area (Å²) in [5, 5.41) is 8.98.